The Morgan fingerprint density at radius 3 is 2.00 bits per heavy atom. The van der Waals surface area contributed by atoms with Gasteiger partial charge in [0.25, 0.3) is 9.04 Å². The predicted molar refractivity (Wildman–Crippen MR) is 102 cm³/mol. The normalized spacial score (nSPS) is 23.3. The lowest BCUT2D eigenvalue weighted by atomic mass is 9.85. The first-order valence-corrected chi connectivity index (χ1v) is 10.2. The molecule has 0 aliphatic carbocycles. The van der Waals surface area contributed by atoms with Gasteiger partial charge >= 0.3 is 5.97 Å². The third-order valence-electron chi connectivity index (χ3n) is 4.61. The zero-order valence-electron chi connectivity index (χ0n) is 15.4. The highest BCUT2D eigenvalue weighted by Gasteiger charge is 2.53. The van der Waals surface area contributed by atoms with E-state index in [0.717, 1.165) is 10.4 Å². The quantitative estimate of drug-likeness (QED) is 0.599. The Morgan fingerprint density at radius 2 is 1.58 bits per heavy atom. The summed E-state index contributed by atoms with van der Waals surface area (Å²) in [7, 11) is -1.65. The van der Waals surface area contributed by atoms with E-state index in [2.05, 4.69) is 0 Å². The highest BCUT2D eigenvalue weighted by Crippen LogP contribution is 2.38. The topological polar surface area (TPSA) is 35.5 Å². The molecule has 0 bridgehead atoms. The molecule has 3 rings (SSSR count). The Hall–Kier alpha value is -1.98. The minimum atomic E-state index is -2.09. The first kappa shape index (κ1) is 18.8. The number of hydrogen-bond acceptors (Lipinski definition) is 3. The van der Waals surface area contributed by atoms with Gasteiger partial charge in [0.1, 0.15) is 6.10 Å². The van der Waals surface area contributed by atoms with E-state index in [4.69, 9.17) is 9.16 Å². The third-order valence-corrected chi connectivity index (χ3v) is 6.76. The van der Waals surface area contributed by atoms with Crippen molar-refractivity contribution in [3.8, 4) is 0 Å². The Kier molecular flexibility index (Phi) is 5.30. The minimum absolute atomic E-state index is 0.0358. The van der Waals surface area contributed by atoms with Crippen LogP contribution in [-0.2, 0) is 14.0 Å². The zero-order chi connectivity index (χ0) is 18.8. The van der Waals surface area contributed by atoms with Gasteiger partial charge in [0.2, 0.25) is 5.67 Å². The minimum Gasteiger partial charge on any atom is -0.459 e. The summed E-state index contributed by atoms with van der Waals surface area (Å²) in [6, 6.07) is 19.6. The highest BCUT2D eigenvalue weighted by atomic mass is 28.3. The lowest BCUT2D eigenvalue weighted by Crippen LogP contribution is -2.48. The van der Waals surface area contributed by atoms with E-state index in [0.29, 0.717) is 0 Å². The molecule has 0 spiro atoms. The van der Waals surface area contributed by atoms with Crippen LogP contribution < -0.4 is 10.4 Å². The number of hydrogen-bond donors (Lipinski definition) is 0. The fraction of sp³-hybridized carbons (Fsp3) is 0.381. The van der Waals surface area contributed by atoms with Crippen molar-refractivity contribution >= 4 is 25.4 Å². The Morgan fingerprint density at radius 1 is 1.08 bits per heavy atom. The van der Waals surface area contributed by atoms with Crippen LogP contribution in [0.3, 0.4) is 0 Å². The van der Waals surface area contributed by atoms with Gasteiger partial charge in [-0.15, -0.1) is 0 Å². The van der Waals surface area contributed by atoms with Crippen LogP contribution in [0.2, 0.25) is 0 Å². The molecule has 2 atom stereocenters. The van der Waals surface area contributed by atoms with Crippen LogP contribution in [0.5, 0.6) is 0 Å². The van der Waals surface area contributed by atoms with Crippen LogP contribution in [0.4, 0.5) is 4.39 Å². The molecule has 5 heteroatoms. The fourth-order valence-corrected chi connectivity index (χ4v) is 4.98. The van der Waals surface area contributed by atoms with Crippen molar-refractivity contribution in [3.05, 3.63) is 60.7 Å². The highest BCUT2D eigenvalue weighted by molar-refractivity contribution is 6.80. The molecule has 0 unspecified atom stereocenters. The molecule has 3 nitrogen and oxygen atoms in total. The molecule has 137 valence electrons. The van der Waals surface area contributed by atoms with Crippen LogP contribution in [0.15, 0.2) is 60.7 Å². The van der Waals surface area contributed by atoms with Crippen molar-refractivity contribution in [3.63, 3.8) is 0 Å². The number of carbonyl (C=O) groups is 1. The van der Waals surface area contributed by atoms with Crippen LogP contribution >= 0.6 is 0 Å². The average Bonchev–Trinajstić information content (AvgIpc) is 2.93. The monoisotopic (exact) mass is 371 g/mol. The van der Waals surface area contributed by atoms with Gasteiger partial charge in [0.05, 0.1) is 6.61 Å². The molecule has 1 aliphatic heterocycles. The third kappa shape index (κ3) is 4.05. The first-order chi connectivity index (χ1) is 12.3. The van der Waals surface area contributed by atoms with Crippen LogP contribution in [0, 0.1) is 5.41 Å². The van der Waals surface area contributed by atoms with Gasteiger partial charge in [0, 0.05) is 6.42 Å². The van der Waals surface area contributed by atoms with E-state index in [1.807, 2.05) is 81.4 Å². The van der Waals surface area contributed by atoms with Gasteiger partial charge in [-0.25, -0.2) is 9.18 Å². The maximum absolute atomic E-state index is 15.3. The van der Waals surface area contributed by atoms with Gasteiger partial charge in [-0.2, -0.15) is 0 Å². The second kappa shape index (κ2) is 7.33. The molecule has 1 fully saturated rings. The number of cyclic esters (lactones) is 1. The maximum Gasteiger partial charge on any atom is 0.346 e. The van der Waals surface area contributed by atoms with Crippen molar-refractivity contribution in [1.82, 2.24) is 0 Å². The van der Waals surface area contributed by atoms with Gasteiger partial charge in [-0.05, 0) is 15.8 Å². The number of carbonyl (C=O) groups excluding carboxylic acids is 1. The van der Waals surface area contributed by atoms with Crippen molar-refractivity contribution < 1.29 is 18.3 Å². The number of benzene rings is 2. The molecule has 0 amide bonds. The molecule has 1 heterocycles. The molecule has 1 radical (unpaired) electrons. The summed E-state index contributed by atoms with van der Waals surface area (Å²) >= 11 is 0. The summed E-state index contributed by atoms with van der Waals surface area (Å²) in [4.78, 5) is 12.2. The molecule has 0 N–H and O–H groups in total. The van der Waals surface area contributed by atoms with Crippen molar-refractivity contribution in [2.75, 3.05) is 6.61 Å². The van der Waals surface area contributed by atoms with E-state index >= 15 is 4.39 Å². The number of esters is 1. The number of alkyl halides is 1. The molecule has 1 saturated heterocycles. The van der Waals surface area contributed by atoms with Crippen LogP contribution in [0.1, 0.15) is 27.2 Å². The molecule has 2 aromatic carbocycles. The molecule has 1 aliphatic rings. The molecular formula is C21H24FO3Si. The second-order valence-corrected chi connectivity index (χ2v) is 9.88. The average molecular weight is 372 g/mol. The maximum atomic E-state index is 15.3. The smallest absolute Gasteiger partial charge is 0.346 e. The summed E-state index contributed by atoms with van der Waals surface area (Å²) in [6.45, 7) is 5.55. The SMILES string of the molecule is CC(C)(C)[C@@H]1C[C@](F)(CO[Si](c2ccccc2)c2ccccc2)C(=O)O1. The Labute approximate surface area is 155 Å². The zero-order valence-corrected chi connectivity index (χ0v) is 16.4. The molecule has 2 aromatic rings. The van der Waals surface area contributed by atoms with Crippen molar-refractivity contribution in [1.29, 1.82) is 0 Å². The fourth-order valence-electron chi connectivity index (χ4n) is 2.95. The van der Waals surface area contributed by atoms with Crippen molar-refractivity contribution in [2.24, 2.45) is 5.41 Å². The van der Waals surface area contributed by atoms with E-state index in [9.17, 15) is 4.79 Å². The summed E-state index contributed by atoms with van der Waals surface area (Å²) in [5, 5.41) is 2.04. The Bertz CT molecular complexity index is 705. The largest absolute Gasteiger partial charge is 0.459 e. The lowest BCUT2D eigenvalue weighted by Gasteiger charge is -2.25. The molecule has 0 saturated carbocycles. The van der Waals surface area contributed by atoms with Gasteiger partial charge in [0.15, 0.2) is 0 Å². The molecular weight excluding hydrogens is 347 g/mol. The number of halogens is 1. The van der Waals surface area contributed by atoms with Crippen LogP contribution in [-0.4, -0.2) is 33.4 Å². The summed E-state index contributed by atoms with van der Waals surface area (Å²) in [6.07, 6.45) is -0.402. The van der Waals surface area contributed by atoms with Gasteiger partial charge in [-0.1, -0.05) is 81.4 Å². The Balaban J connectivity index is 1.79. The predicted octanol–water partition coefficient (Wildman–Crippen LogP) is 2.88. The number of ether oxygens (including phenoxy) is 1. The van der Waals surface area contributed by atoms with E-state index in [-0.39, 0.29) is 18.4 Å². The second-order valence-electron chi connectivity index (χ2n) is 7.78. The molecule has 26 heavy (non-hydrogen) atoms. The first-order valence-electron chi connectivity index (χ1n) is 8.80. The van der Waals surface area contributed by atoms with E-state index in [1.165, 1.54) is 0 Å². The standard InChI is InChI=1S/C21H24FO3Si/c1-20(2,3)18-14-21(22,19(23)25-18)15-24-26(16-10-6-4-7-11-16)17-12-8-5-9-13-17/h4-13,18H,14-15H2,1-3H3/t18-,21-/m0/s1. The molecule has 0 aromatic heterocycles. The lowest BCUT2D eigenvalue weighted by molar-refractivity contribution is -0.153. The van der Waals surface area contributed by atoms with E-state index < -0.39 is 26.8 Å². The van der Waals surface area contributed by atoms with E-state index in [1.54, 1.807) is 0 Å². The summed E-state index contributed by atoms with van der Waals surface area (Å²) in [5.74, 6) is -0.806. The van der Waals surface area contributed by atoms with Crippen molar-refractivity contribution in [2.45, 2.75) is 39.0 Å². The van der Waals surface area contributed by atoms with Crippen LogP contribution in [0.25, 0.3) is 0 Å². The summed E-state index contributed by atoms with van der Waals surface area (Å²) < 4.78 is 26.7. The number of rotatable bonds is 5. The van der Waals surface area contributed by atoms with Gasteiger partial charge in [-0.3, -0.25) is 0 Å². The van der Waals surface area contributed by atoms with Gasteiger partial charge < -0.3 is 9.16 Å². The summed E-state index contributed by atoms with van der Waals surface area (Å²) in [5.41, 5.74) is -2.38.